The highest BCUT2D eigenvalue weighted by Gasteiger charge is 2.30. The number of nitrogen functional groups attached to an aromatic ring is 1. The van der Waals surface area contributed by atoms with Gasteiger partial charge in [0.2, 0.25) is 0 Å². The summed E-state index contributed by atoms with van der Waals surface area (Å²) in [6.07, 6.45) is 3.83. The Morgan fingerprint density at radius 2 is 2.25 bits per heavy atom. The molecule has 2 N–H and O–H groups in total. The van der Waals surface area contributed by atoms with Crippen LogP contribution in [0.2, 0.25) is 0 Å². The van der Waals surface area contributed by atoms with Gasteiger partial charge in [0.15, 0.2) is 0 Å². The van der Waals surface area contributed by atoms with Crippen LogP contribution in [-0.4, -0.2) is 0 Å². The molecule has 0 unspecified atom stereocenters. The van der Waals surface area contributed by atoms with Crippen molar-refractivity contribution in [2.75, 3.05) is 5.73 Å². The zero-order chi connectivity index (χ0) is 8.77. The highest BCUT2D eigenvalue weighted by molar-refractivity contribution is 7.10. The lowest BCUT2D eigenvalue weighted by molar-refractivity contribution is 0.438. The number of hydrogen-bond acceptors (Lipinski definition) is 2. The zero-order valence-corrected chi connectivity index (χ0v) is 8.50. The molecule has 2 heteroatoms. The quantitative estimate of drug-likeness (QED) is 0.654. The van der Waals surface area contributed by atoms with Crippen molar-refractivity contribution in [1.29, 1.82) is 0 Å². The molecule has 1 nitrogen and oxygen atoms in total. The molecule has 1 aliphatic rings. The Hall–Kier alpha value is -0.500. The van der Waals surface area contributed by atoms with E-state index >= 15 is 0 Å². The first-order valence-corrected chi connectivity index (χ1v) is 5.35. The van der Waals surface area contributed by atoms with Gasteiger partial charge in [0.25, 0.3) is 0 Å². The molecule has 1 aliphatic carbocycles. The normalized spacial score (nSPS) is 20.5. The molecule has 2 rings (SSSR count). The fraction of sp³-hybridized carbons (Fsp3) is 0.600. The van der Waals surface area contributed by atoms with E-state index in [0.29, 0.717) is 5.41 Å². The molecule has 0 aromatic carbocycles. The molecular weight excluding hydrogens is 166 g/mol. The summed E-state index contributed by atoms with van der Waals surface area (Å²) in [6.45, 7) is 4.60. The molecule has 0 saturated carbocycles. The first-order valence-electron chi connectivity index (χ1n) is 4.47. The minimum Gasteiger partial charge on any atom is -0.398 e. The number of nitrogens with two attached hydrogens (primary N) is 1. The van der Waals surface area contributed by atoms with Gasteiger partial charge >= 0.3 is 0 Å². The molecule has 12 heavy (non-hydrogen) atoms. The fourth-order valence-corrected chi connectivity index (χ4v) is 3.34. The van der Waals surface area contributed by atoms with Gasteiger partial charge in [-0.2, -0.15) is 0 Å². The number of aryl methyl sites for hydroxylation is 1. The summed E-state index contributed by atoms with van der Waals surface area (Å²) < 4.78 is 0. The highest BCUT2D eigenvalue weighted by Crippen LogP contribution is 2.43. The van der Waals surface area contributed by atoms with Crippen LogP contribution >= 0.6 is 11.3 Å². The van der Waals surface area contributed by atoms with Crippen molar-refractivity contribution < 1.29 is 0 Å². The van der Waals surface area contributed by atoms with E-state index in [9.17, 15) is 0 Å². The Labute approximate surface area is 77.6 Å². The van der Waals surface area contributed by atoms with Crippen LogP contribution in [0.5, 0.6) is 0 Å². The topological polar surface area (TPSA) is 26.0 Å². The van der Waals surface area contributed by atoms with Crippen molar-refractivity contribution in [2.45, 2.75) is 38.5 Å². The van der Waals surface area contributed by atoms with E-state index in [1.807, 2.05) is 11.3 Å². The predicted octanol–water partition coefficient (Wildman–Crippen LogP) is 2.94. The number of fused-ring (bicyclic) bond motifs is 1. The van der Waals surface area contributed by atoms with Gasteiger partial charge in [-0.05, 0) is 30.2 Å². The minimum absolute atomic E-state index is 0.317. The fourth-order valence-electron chi connectivity index (χ4n) is 2.18. The number of hydrogen-bond donors (Lipinski definition) is 1. The van der Waals surface area contributed by atoms with Gasteiger partial charge in [0.1, 0.15) is 0 Å². The zero-order valence-electron chi connectivity index (χ0n) is 7.68. The molecule has 0 atom stereocenters. The first kappa shape index (κ1) is 8.11. The third-order valence-corrected chi connectivity index (χ3v) is 3.84. The Balaban J connectivity index is 2.56. The molecule has 1 aromatic heterocycles. The predicted molar refractivity (Wildman–Crippen MR) is 54.7 cm³/mol. The van der Waals surface area contributed by atoms with Crippen LogP contribution in [0.25, 0.3) is 0 Å². The number of anilines is 1. The molecule has 1 aromatic rings. The average molecular weight is 181 g/mol. The van der Waals surface area contributed by atoms with Crippen molar-refractivity contribution in [2.24, 2.45) is 0 Å². The second-order valence-corrected chi connectivity index (χ2v) is 5.19. The second kappa shape index (κ2) is 2.49. The molecular formula is C10H15NS. The molecule has 1 heterocycles. The van der Waals surface area contributed by atoms with Gasteiger partial charge in [-0.1, -0.05) is 13.8 Å². The number of thiophene rings is 1. The Bertz CT molecular complexity index is 299. The molecule has 0 radical (unpaired) electrons. The lowest BCUT2D eigenvalue weighted by Crippen LogP contribution is -2.23. The molecule has 0 saturated heterocycles. The summed E-state index contributed by atoms with van der Waals surface area (Å²) in [6, 6.07) is 0. The van der Waals surface area contributed by atoms with Crippen LogP contribution in [0.4, 0.5) is 5.69 Å². The third kappa shape index (κ3) is 1.06. The van der Waals surface area contributed by atoms with Crippen molar-refractivity contribution in [3.63, 3.8) is 0 Å². The van der Waals surface area contributed by atoms with E-state index in [1.165, 1.54) is 29.7 Å². The Morgan fingerprint density at radius 3 is 2.92 bits per heavy atom. The van der Waals surface area contributed by atoms with Crippen molar-refractivity contribution >= 4 is 17.0 Å². The summed E-state index contributed by atoms with van der Waals surface area (Å²) in [5, 5.41) is 2.09. The molecule has 66 valence electrons. The molecule has 0 fully saturated rings. The van der Waals surface area contributed by atoms with Gasteiger partial charge in [-0.25, -0.2) is 0 Å². The molecule has 0 bridgehead atoms. The van der Waals surface area contributed by atoms with Gasteiger partial charge in [-0.3, -0.25) is 0 Å². The van der Waals surface area contributed by atoms with E-state index in [4.69, 9.17) is 5.73 Å². The highest BCUT2D eigenvalue weighted by atomic mass is 32.1. The first-order chi connectivity index (χ1) is 5.61. The largest absolute Gasteiger partial charge is 0.398 e. The van der Waals surface area contributed by atoms with Crippen LogP contribution in [0.3, 0.4) is 0 Å². The molecule has 0 aliphatic heterocycles. The van der Waals surface area contributed by atoms with Gasteiger partial charge in [-0.15, -0.1) is 11.3 Å². The summed E-state index contributed by atoms with van der Waals surface area (Å²) in [5.41, 5.74) is 8.71. The average Bonchev–Trinajstić information content (AvgIpc) is 2.32. The second-order valence-electron chi connectivity index (χ2n) is 4.23. The van der Waals surface area contributed by atoms with E-state index in [1.54, 1.807) is 0 Å². The lowest BCUT2D eigenvalue weighted by atomic mass is 9.75. The summed E-state index contributed by atoms with van der Waals surface area (Å²) in [4.78, 5) is 1.52. The molecule has 0 spiro atoms. The maximum Gasteiger partial charge on any atom is 0.0463 e. The maximum atomic E-state index is 5.95. The van der Waals surface area contributed by atoms with Crippen LogP contribution < -0.4 is 5.73 Å². The smallest absolute Gasteiger partial charge is 0.0463 e. The summed E-state index contributed by atoms with van der Waals surface area (Å²) in [5.74, 6) is 0. The minimum atomic E-state index is 0.317. The van der Waals surface area contributed by atoms with E-state index in [-0.39, 0.29) is 0 Å². The van der Waals surface area contributed by atoms with E-state index < -0.39 is 0 Å². The SMILES string of the molecule is CC1(C)CCCc2scc(N)c21. The molecule has 0 amide bonds. The Kier molecular flexibility index (Phi) is 1.69. The lowest BCUT2D eigenvalue weighted by Gasteiger charge is -2.30. The monoisotopic (exact) mass is 181 g/mol. The standard InChI is InChI=1S/C10H15NS/c1-10(2)5-3-4-8-9(10)7(11)6-12-8/h6H,3-5,11H2,1-2H3. The van der Waals surface area contributed by atoms with Gasteiger partial charge in [0.05, 0.1) is 0 Å². The van der Waals surface area contributed by atoms with E-state index in [0.717, 1.165) is 5.69 Å². The van der Waals surface area contributed by atoms with Crippen LogP contribution in [0.15, 0.2) is 5.38 Å². The number of rotatable bonds is 0. The van der Waals surface area contributed by atoms with E-state index in [2.05, 4.69) is 19.2 Å². The van der Waals surface area contributed by atoms with Crippen molar-refractivity contribution in [1.82, 2.24) is 0 Å². The maximum absolute atomic E-state index is 5.95. The third-order valence-electron chi connectivity index (χ3n) is 2.78. The van der Waals surface area contributed by atoms with Crippen molar-refractivity contribution in [3.05, 3.63) is 15.8 Å². The van der Waals surface area contributed by atoms with Crippen LogP contribution in [0, 0.1) is 0 Å². The summed E-state index contributed by atoms with van der Waals surface area (Å²) in [7, 11) is 0. The van der Waals surface area contributed by atoms with Crippen LogP contribution in [-0.2, 0) is 11.8 Å². The van der Waals surface area contributed by atoms with Gasteiger partial charge < -0.3 is 5.73 Å². The Morgan fingerprint density at radius 1 is 1.50 bits per heavy atom. The van der Waals surface area contributed by atoms with Crippen LogP contribution in [0.1, 0.15) is 37.1 Å². The van der Waals surface area contributed by atoms with Crippen molar-refractivity contribution in [3.8, 4) is 0 Å². The van der Waals surface area contributed by atoms with Gasteiger partial charge in [0, 0.05) is 15.9 Å². The summed E-state index contributed by atoms with van der Waals surface area (Å²) >= 11 is 1.83.